The minimum absolute atomic E-state index is 1.26. The van der Waals surface area contributed by atoms with Crippen LogP contribution >= 0.6 is 0 Å². The molecule has 1 nitrogen and oxygen atoms in total. The average Bonchev–Trinajstić information content (AvgIpc) is 2.59. The van der Waals surface area contributed by atoms with Gasteiger partial charge < -0.3 is 0 Å². The predicted octanol–water partition coefficient (Wildman–Crippen LogP) is 2.83. The van der Waals surface area contributed by atoms with Crippen LogP contribution in [0.3, 0.4) is 0 Å². The molecule has 1 saturated heterocycles. The number of hydrogen-bond donors (Lipinski definition) is 0. The van der Waals surface area contributed by atoms with E-state index in [1.165, 1.54) is 51.6 Å². The van der Waals surface area contributed by atoms with Crippen molar-refractivity contribution >= 4 is 5.71 Å². The predicted molar refractivity (Wildman–Crippen MR) is 54.1 cm³/mol. The van der Waals surface area contributed by atoms with Crippen LogP contribution < -0.4 is 0 Å². The molecule has 0 bridgehead atoms. The van der Waals surface area contributed by atoms with Crippen LogP contribution in [0.4, 0.5) is 0 Å². The van der Waals surface area contributed by atoms with E-state index in [0.29, 0.717) is 0 Å². The maximum Gasteiger partial charge on any atom is 0.151 e. The van der Waals surface area contributed by atoms with Gasteiger partial charge in [0.05, 0.1) is 0 Å². The summed E-state index contributed by atoms with van der Waals surface area (Å²) in [6.45, 7) is 7.22. The standard InChI is InChI=1S/C11H22N/c1-3-5-8-11(4-2)12-9-6-7-10-12/h3-10H2,1-2H3/q+1. The highest BCUT2D eigenvalue weighted by atomic mass is 15.0. The Morgan fingerprint density at radius 3 is 2.33 bits per heavy atom. The summed E-state index contributed by atoms with van der Waals surface area (Å²) in [5.41, 5.74) is 1.70. The lowest BCUT2D eigenvalue weighted by atomic mass is 10.1. The van der Waals surface area contributed by atoms with Crippen LogP contribution in [0.15, 0.2) is 0 Å². The molecule has 0 aromatic rings. The maximum absolute atomic E-state index is 2.61. The lowest BCUT2D eigenvalue weighted by molar-refractivity contribution is -0.508. The van der Waals surface area contributed by atoms with Gasteiger partial charge in [0.1, 0.15) is 13.1 Å². The monoisotopic (exact) mass is 168 g/mol. The molecular weight excluding hydrogens is 146 g/mol. The zero-order chi connectivity index (χ0) is 8.81. The molecule has 0 unspecified atom stereocenters. The molecular formula is C11H22N+. The fourth-order valence-electron chi connectivity index (χ4n) is 1.97. The second-order valence-corrected chi connectivity index (χ2v) is 3.72. The summed E-state index contributed by atoms with van der Waals surface area (Å²) < 4.78 is 2.61. The van der Waals surface area contributed by atoms with Gasteiger partial charge in [-0.2, -0.15) is 0 Å². The van der Waals surface area contributed by atoms with Gasteiger partial charge in [0.25, 0.3) is 0 Å². The van der Waals surface area contributed by atoms with Crippen molar-refractivity contribution in [3.05, 3.63) is 0 Å². The number of rotatable bonds is 4. The van der Waals surface area contributed by atoms with Crippen LogP contribution in [0.5, 0.6) is 0 Å². The van der Waals surface area contributed by atoms with Crippen molar-refractivity contribution in [1.82, 2.24) is 0 Å². The summed E-state index contributed by atoms with van der Waals surface area (Å²) in [5.74, 6) is 0. The highest BCUT2D eigenvalue weighted by molar-refractivity contribution is 5.79. The van der Waals surface area contributed by atoms with Gasteiger partial charge in [0, 0.05) is 25.7 Å². The Morgan fingerprint density at radius 2 is 1.83 bits per heavy atom. The van der Waals surface area contributed by atoms with Gasteiger partial charge >= 0.3 is 0 Å². The molecule has 1 aliphatic heterocycles. The first-order valence-electron chi connectivity index (χ1n) is 5.48. The third-order valence-corrected chi connectivity index (χ3v) is 2.78. The second-order valence-electron chi connectivity index (χ2n) is 3.72. The van der Waals surface area contributed by atoms with Crippen LogP contribution in [-0.4, -0.2) is 23.4 Å². The number of unbranched alkanes of at least 4 members (excludes halogenated alkanes) is 1. The topological polar surface area (TPSA) is 3.01 Å². The van der Waals surface area contributed by atoms with Crippen molar-refractivity contribution in [2.24, 2.45) is 0 Å². The van der Waals surface area contributed by atoms with Crippen LogP contribution in [0, 0.1) is 0 Å². The maximum atomic E-state index is 2.61. The Labute approximate surface area is 76.5 Å². The summed E-state index contributed by atoms with van der Waals surface area (Å²) in [5, 5.41) is 0. The van der Waals surface area contributed by atoms with E-state index in [1.807, 2.05) is 0 Å². The molecule has 0 radical (unpaired) electrons. The molecule has 70 valence electrons. The molecule has 0 aliphatic carbocycles. The molecule has 1 fully saturated rings. The Balaban J connectivity index is 2.46. The summed E-state index contributed by atoms with van der Waals surface area (Å²) in [7, 11) is 0. The van der Waals surface area contributed by atoms with E-state index in [-0.39, 0.29) is 0 Å². The van der Waals surface area contributed by atoms with Gasteiger partial charge in [0.15, 0.2) is 5.71 Å². The molecule has 0 amide bonds. The van der Waals surface area contributed by atoms with Gasteiger partial charge in [-0.15, -0.1) is 0 Å². The minimum Gasteiger partial charge on any atom is -0.237 e. The van der Waals surface area contributed by atoms with E-state index < -0.39 is 0 Å². The van der Waals surface area contributed by atoms with Crippen LogP contribution in [0.25, 0.3) is 0 Å². The van der Waals surface area contributed by atoms with Crippen LogP contribution in [-0.2, 0) is 0 Å². The van der Waals surface area contributed by atoms with Gasteiger partial charge in [-0.25, -0.2) is 4.58 Å². The quantitative estimate of drug-likeness (QED) is 0.568. The Hall–Kier alpha value is -0.330. The molecule has 12 heavy (non-hydrogen) atoms. The first-order valence-corrected chi connectivity index (χ1v) is 5.48. The van der Waals surface area contributed by atoms with Gasteiger partial charge in [-0.05, 0) is 6.42 Å². The van der Waals surface area contributed by atoms with Gasteiger partial charge in [0.2, 0.25) is 0 Å². The van der Waals surface area contributed by atoms with Crippen molar-refractivity contribution in [2.45, 2.75) is 52.4 Å². The fraction of sp³-hybridized carbons (Fsp3) is 0.909. The van der Waals surface area contributed by atoms with Gasteiger partial charge in [-0.3, -0.25) is 0 Å². The molecule has 0 aromatic heterocycles. The molecule has 0 atom stereocenters. The highest BCUT2D eigenvalue weighted by Crippen LogP contribution is 2.07. The van der Waals surface area contributed by atoms with Crippen molar-refractivity contribution in [1.29, 1.82) is 0 Å². The van der Waals surface area contributed by atoms with E-state index in [9.17, 15) is 0 Å². The molecule has 1 heteroatoms. The van der Waals surface area contributed by atoms with Crippen molar-refractivity contribution in [3.63, 3.8) is 0 Å². The zero-order valence-corrected chi connectivity index (χ0v) is 8.60. The lowest BCUT2D eigenvalue weighted by Gasteiger charge is -2.02. The third-order valence-electron chi connectivity index (χ3n) is 2.78. The molecule has 1 heterocycles. The molecule has 0 aromatic carbocycles. The third kappa shape index (κ3) is 2.62. The first kappa shape index (κ1) is 9.76. The number of hydrogen-bond acceptors (Lipinski definition) is 0. The van der Waals surface area contributed by atoms with Gasteiger partial charge in [-0.1, -0.05) is 20.3 Å². The molecule has 0 saturated carbocycles. The Kier molecular flexibility index (Phi) is 4.34. The van der Waals surface area contributed by atoms with E-state index in [1.54, 1.807) is 5.71 Å². The average molecular weight is 168 g/mol. The van der Waals surface area contributed by atoms with Crippen molar-refractivity contribution < 1.29 is 4.58 Å². The highest BCUT2D eigenvalue weighted by Gasteiger charge is 2.17. The lowest BCUT2D eigenvalue weighted by Crippen LogP contribution is -2.17. The van der Waals surface area contributed by atoms with E-state index in [4.69, 9.17) is 0 Å². The normalized spacial score (nSPS) is 17.0. The van der Waals surface area contributed by atoms with Crippen molar-refractivity contribution in [3.8, 4) is 0 Å². The zero-order valence-electron chi connectivity index (χ0n) is 8.60. The van der Waals surface area contributed by atoms with E-state index in [0.717, 1.165) is 0 Å². The molecule has 1 rings (SSSR count). The number of nitrogens with zero attached hydrogens (tertiary/aromatic N) is 1. The Bertz CT molecular complexity index is 150. The molecule has 0 N–H and O–H groups in total. The minimum atomic E-state index is 1.26. The van der Waals surface area contributed by atoms with Crippen molar-refractivity contribution in [2.75, 3.05) is 13.1 Å². The summed E-state index contributed by atoms with van der Waals surface area (Å²) in [6.07, 6.45) is 8.13. The summed E-state index contributed by atoms with van der Waals surface area (Å²) in [6, 6.07) is 0. The summed E-state index contributed by atoms with van der Waals surface area (Å²) in [4.78, 5) is 0. The smallest absolute Gasteiger partial charge is 0.151 e. The van der Waals surface area contributed by atoms with Crippen LogP contribution in [0.2, 0.25) is 0 Å². The van der Waals surface area contributed by atoms with E-state index >= 15 is 0 Å². The SMILES string of the molecule is CCCCC(CC)=[N+]1CCCC1. The second kappa shape index (κ2) is 5.34. The first-order chi connectivity index (χ1) is 5.88. The molecule has 1 aliphatic rings. The van der Waals surface area contributed by atoms with E-state index in [2.05, 4.69) is 18.4 Å². The van der Waals surface area contributed by atoms with Crippen LogP contribution in [0.1, 0.15) is 52.4 Å². The fourth-order valence-corrected chi connectivity index (χ4v) is 1.97. The summed E-state index contributed by atoms with van der Waals surface area (Å²) >= 11 is 0. The Morgan fingerprint density at radius 1 is 1.17 bits per heavy atom. The molecule has 0 spiro atoms. The largest absolute Gasteiger partial charge is 0.237 e.